The number of nitrogens with one attached hydrogen (secondary N) is 1. The summed E-state index contributed by atoms with van der Waals surface area (Å²) >= 11 is 0. The molecule has 2 aromatic rings. The van der Waals surface area contributed by atoms with Gasteiger partial charge < -0.3 is 20.4 Å². The van der Waals surface area contributed by atoms with E-state index in [1.807, 2.05) is 29.3 Å². The Kier molecular flexibility index (Phi) is 3.94. The van der Waals surface area contributed by atoms with Crippen LogP contribution in [0.2, 0.25) is 0 Å². The number of carbonyl (C=O) groups excluding carboxylic acids is 1. The molecule has 0 saturated carbocycles. The molecule has 5 heteroatoms. The van der Waals surface area contributed by atoms with Crippen LogP contribution >= 0.6 is 0 Å². The van der Waals surface area contributed by atoms with Gasteiger partial charge in [-0.15, -0.1) is 0 Å². The van der Waals surface area contributed by atoms with Crippen molar-refractivity contribution < 1.29 is 9.53 Å². The number of ether oxygens (including phenoxy) is 1. The van der Waals surface area contributed by atoms with Crippen LogP contribution in [0.4, 0.5) is 0 Å². The van der Waals surface area contributed by atoms with Gasteiger partial charge in [0.2, 0.25) is 5.91 Å². The second kappa shape index (κ2) is 5.87. The molecule has 0 aliphatic carbocycles. The van der Waals surface area contributed by atoms with Gasteiger partial charge in [-0.1, -0.05) is 18.2 Å². The number of likely N-dealkylation sites (tertiary alicyclic amines) is 1. The quantitative estimate of drug-likeness (QED) is 0.901. The minimum Gasteiger partial charge on any atom is -0.383 e. The number of piperidine rings is 1. The summed E-state index contributed by atoms with van der Waals surface area (Å²) in [5.74, 6) is 0.157. The number of H-pyrrole nitrogens is 1. The molecule has 1 aromatic heterocycles. The van der Waals surface area contributed by atoms with E-state index in [1.165, 1.54) is 0 Å². The van der Waals surface area contributed by atoms with Crippen LogP contribution in [0, 0.1) is 0 Å². The van der Waals surface area contributed by atoms with Crippen LogP contribution in [0.25, 0.3) is 10.9 Å². The van der Waals surface area contributed by atoms with Crippen molar-refractivity contribution in [3.8, 4) is 0 Å². The maximum absolute atomic E-state index is 12.3. The third kappa shape index (κ3) is 2.54. The zero-order valence-electron chi connectivity index (χ0n) is 12.2. The van der Waals surface area contributed by atoms with Crippen molar-refractivity contribution in [1.29, 1.82) is 0 Å². The number of nitrogens with zero attached hydrogens (tertiary/aromatic N) is 1. The molecule has 112 valence electrons. The van der Waals surface area contributed by atoms with Crippen LogP contribution in [-0.2, 0) is 9.53 Å². The van der Waals surface area contributed by atoms with Crippen LogP contribution in [0.5, 0.6) is 0 Å². The van der Waals surface area contributed by atoms with Gasteiger partial charge in [0.25, 0.3) is 0 Å². The van der Waals surface area contributed by atoms with Gasteiger partial charge in [0.15, 0.2) is 0 Å². The molecule has 1 saturated heterocycles. The van der Waals surface area contributed by atoms with Gasteiger partial charge in [-0.3, -0.25) is 4.79 Å². The number of methoxy groups -OCH3 is 1. The molecule has 1 fully saturated rings. The molecule has 1 aromatic carbocycles. The molecule has 3 N–H and O–H groups in total. The van der Waals surface area contributed by atoms with E-state index in [9.17, 15) is 4.79 Å². The lowest BCUT2D eigenvalue weighted by atomic mass is 9.90. The number of para-hydroxylation sites is 1. The van der Waals surface area contributed by atoms with Crippen molar-refractivity contribution in [2.75, 3.05) is 20.3 Å². The highest BCUT2D eigenvalue weighted by Gasteiger charge is 2.35. The van der Waals surface area contributed by atoms with Gasteiger partial charge >= 0.3 is 0 Å². The van der Waals surface area contributed by atoms with Crippen LogP contribution in [0.1, 0.15) is 24.4 Å². The molecule has 5 nitrogen and oxygen atoms in total. The monoisotopic (exact) mass is 287 g/mol. The van der Waals surface area contributed by atoms with Crippen LogP contribution in [0.15, 0.2) is 30.5 Å². The summed E-state index contributed by atoms with van der Waals surface area (Å²) in [5, 5.41) is 1.13. The second-order valence-electron chi connectivity index (χ2n) is 5.52. The number of nitrogens with two attached hydrogens (primary N) is 1. The fourth-order valence-electron chi connectivity index (χ4n) is 3.17. The predicted octanol–water partition coefficient (Wildman–Crippen LogP) is 1.81. The number of fused-ring (bicyclic) bond motifs is 1. The highest BCUT2D eigenvalue weighted by atomic mass is 16.5. The first kappa shape index (κ1) is 14.1. The Bertz CT molecular complexity index is 637. The molecule has 2 atom stereocenters. The predicted molar refractivity (Wildman–Crippen MR) is 81.8 cm³/mol. The van der Waals surface area contributed by atoms with Crippen molar-refractivity contribution in [2.45, 2.75) is 24.9 Å². The Morgan fingerprint density at radius 3 is 3.05 bits per heavy atom. The minimum atomic E-state index is -0.0856. The lowest BCUT2D eigenvalue weighted by Crippen LogP contribution is -2.49. The average Bonchev–Trinajstić information content (AvgIpc) is 2.92. The summed E-state index contributed by atoms with van der Waals surface area (Å²) in [7, 11) is 1.65. The molecule has 3 rings (SSSR count). The first-order chi connectivity index (χ1) is 10.2. The number of aromatic nitrogens is 1. The van der Waals surface area contributed by atoms with E-state index < -0.39 is 0 Å². The van der Waals surface area contributed by atoms with E-state index in [1.54, 1.807) is 7.11 Å². The van der Waals surface area contributed by atoms with E-state index in [0.717, 1.165) is 22.9 Å². The van der Waals surface area contributed by atoms with Gasteiger partial charge in [0.05, 0.1) is 12.6 Å². The van der Waals surface area contributed by atoms with Crippen LogP contribution in [-0.4, -0.2) is 42.1 Å². The Morgan fingerprint density at radius 1 is 1.43 bits per heavy atom. The second-order valence-corrected chi connectivity index (χ2v) is 5.52. The summed E-state index contributed by atoms with van der Waals surface area (Å²) in [4.78, 5) is 17.4. The van der Waals surface area contributed by atoms with E-state index >= 15 is 0 Å². The number of hydrogen-bond acceptors (Lipinski definition) is 3. The fourth-order valence-corrected chi connectivity index (χ4v) is 3.17. The fraction of sp³-hybridized carbons (Fsp3) is 0.438. The Hall–Kier alpha value is -1.85. The van der Waals surface area contributed by atoms with Crippen molar-refractivity contribution in [1.82, 2.24) is 9.88 Å². The Labute approximate surface area is 124 Å². The number of rotatable bonds is 4. The van der Waals surface area contributed by atoms with Crippen LogP contribution < -0.4 is 5.73 Å². The van der Waals surface area contributed by atoms with Gasteiger partial charge in [-0.25, -0.2) is 0 Å². The van der Waals surface area contributed by atoms with Crippen molar-refractivity contribution in [2.24, 2.45) is 5.73 Å². The molecule has 21 heavy (non-hydrogen) atoms. The number of amides is 1. The maximum Gasteiger partial charge on any atom is 0.223 e. The third-order valence-corrected chi connectivity index (χ3v) is 4.23. The largest absolute Gasteiger partial charge is 0.383 e. The molecule has 1 aliphatic heterocycles. The number of aromatic amines is 1. The van der Waals surface area contributed by atoms with E-state index in [4.69, 9.17) is 10.5 Å². The standard InChI is InChI=1S/C16H21N3O2/c1-21-9-8-19-15(20)7-6-13(17)16(19)12-10-18-14-5-3-2-4-11(12)14/h2-5,10,13,16,18H,6-9,17H2,1H3. The van der Waals surface area contributed by atoms with E-state index in [2.05, 4.69) is 11.1 Å². The zero-order valence-corrected chi connectivity index (χ0v) is 12.2. The van der Waals surface area contributed by atoms with Gasteiger partial charge in [0, 0.05) is 48.8 Å². The minimum absolute atomic E-state index is 0.0428. The van der Waals surface area contributed by atoms with Crippen molar-refractivity contribution in [3.05, 3.63) is 36.0 Å². The number of benzene rings is 1. The summed E-state index contributed by atoms with van der Waals surface area (Å²) in [5.41, 5.74) is 8.51. The molecule has 1 amide bonds. The third-order valence-electron chi connectivity index (χ3n) is 4.23. The Morgan fingerprint density at radius 2 is 2.24 bits per heavy atom. The number of hydrogen-bond donors (Lipinski definition) is 2. The van der Waals surface area contributed by atoms with E-state index in [0.29, 0.717) is 19.6 Å². The molecule has 0 radical (unpaired) electrons. The van der Waals surface area contributed by atoms with Crippen molar-refractivity contribution >= 4 is 16.8 Å². The van der Waals surface area contributed by atoms with Crippen molar-refractivity contribution in [3.63, 3.8) is 0 Å². The first-order valence-electron chi connectivity index (χ1n) is 7.32. The van der Waals surface area contributed by atoms with Gasteiger partial charge in [-0.05, 0) is 12.5 Å². The Balaban J connectivity index is 2.00. The number of carbonyl (C=O) groups is 1. The summed E-state index contributed by atoms with van der Waals surface area (Å²) in [6, 6.07) is 7.99. The zero-order chi connectivity index (χ0) is 14.8. The SMILES string of the molecule is COCCN1C(=O)CCC(N)C1c1c[nH]c2ccccc12. The van der Waals surface area contributed by atoms with Gasteiger partial charge in [0.1, 0.15) is 0 Å². The normalized spacial score (nSPS) is 23.0. The smallest absolute Gasteiger partial charge is 0.223 e. The van der Waals surface area contributed by atoms with Crippen LogP contribution in [0.3, 0.4) is 0 Å². The highest BCUT2D eigenvalue weighted by Crippen LogP contribution is 2.34. The maximum atomic E-state index is 12.3. The van der Waals surface area contributed by atoms with Gasteiger partial charge in [-0.2, -0.15) is 0 Å². The molecule has 0 bridgehead atoms. The summed E-state index contributed by atoms with van der Waals surface area (Å²) < 4.78 is 5.14. The average molecular weight is 287 g/mol. The van der Waals surface area contributed by atoms with E-state index in [-0.39, 0.29) is 18.0 Å². The molecule has 2 unspecified atom stereocenters. The summed E-state index contributed by atoms with van der Waals surface area (Å²) in [6.45, 7) is 1.10. The molecule has 0 spiro atoms. The first-order valence-corrected chi connectivity index (χ1v) is 7.32. The lowest BCUT2D eigenvalue weighted by molar-refractivity contribution is -0.138. The molecule has 2 heterocycles. The molecule has 1 aliphatic rings. The summed E-state index contributed by atoms with van der Waals surface area (Å²) in [6.07, 6.45) is 3.23. The molecular formula is C16H21N3O2. The lowest BCUT2D eigenvalue weighted by Gasteiger charge is -2.39. The topological polar surface area (TPSA) is 71.3 Å². The molecular weight excluding hydrogens is 266 g/mol. The highest BCUT2D eigenvalue weighted by molar-refractivity contribution is 5.85.